The fraction of sp³-hybridized carbons (Fsp3) is 0.462. The highest BCUT2D eigenvalue weighted by molar-refractivity contribution is 7.91. The third kappa shape index (κ3) is 1.78. The minimum absolute atomic E-state index is 0.0215. The predicted molar refractivity (Wildman–Crippen MR) is 66.1 cm³/mol. The SMILES string of the molecule is O=C1c2ccccc2CC1C1CS(=O)(=O)CC1O. The highest BCUT2D eigenvalue weighted by atomic mass is 32.2. The zero-order valence-corrected chi connectivity index (χ0v) is 10.6. The summed E-state index contributed by atoms with van der Waals surface area (Å²) in [6.45, 7) is 0. The lowest BCUT2D eigenvalue weighted by atomic mass is 9.87. The van der Waals surface area contributed by atoms with Gasteiger partial charge in [0.15, 0.2) is 15.6 Å². The van der Waals surface area contributed by atoms with Gasteiger partial charge in [-0.2, -0.15) is 0 Å². The van der Waals surface area contributed by atoms with Crippen LogP contribution in [0.25, 0.3) is 0 Å². The Morgan fingerprint density at radius 2 is 1.89 bits per heavy atom. The van der Waals surface area contributed by atoms with Crippen molar-refractivity contribution in [3.8, 4) is 0 Å². The molecule has 2 aliphatic rings. The second-order valence-corrected chi connectivity index (χ2v) is 7.29. The summed E-state index contributed by atoms with van der Waals surface area (Å²) in [5.74, 6) is -1.13. The van der Waals surface area contributed by atoms with Crippen molar-refractivity contribution in [2.45, 2.75) is 12.5 Å². The minimum atomic E-state index is -3.20. The van der Waals surface area contributed by atoms with E-state index in [0.717, 1.165) is 5.56 Å². The van der Waals surface area contributed by atoms with Crippen molar-refractivity contribution in [1.29, 1.82) is 0 Å². The summed E-state index contributed by atoms with van der Waals surface area (Å²) in [5.41, 5.74) is 1.64. The van der Waals surface area contributed by atoms with E-state index in [1.54, 1.807) is 12.1 Å². The van der Waals surface area contributed by atoms with E-state index in [2.05, 4.69) is 0 Å². The number of hydrogen-bond donors (Lipinski definition) is 1. The van der Waals surface area contributed by atoms with Crippen LogP contribution in [0.1, 0.15) is 15.9 Å². The summed E-state index contributed by atoms with van der Waals surface area (Å²) in [4.78, 5) is 12.2. The van der Waals surface area contributed by atoms with Crippen molar-refractivity contribution in [1.82, 2.24) is 0 Å². The Morgan fingerprint density at radius 1 is 1.17 bits per heavy atom. The summed E-state index contributed by atoms with van der Waals surface area (Å²) in [6, 6.07) is 7.34. The summed E-state index contributed by atoms with van der Waals surface area (Å²) in [6.07, 6.45) is -0.357. The molecule has 1 fully saturated rings. The maximum atomic E-state index is 12.2. The molecule has 3 rings (SSSR count). The number of sulfone groups is 1. The van der Waals surface area contributed by atoms with Crippen molar-refractivity contribution < 1.29 is 18.3 Å². The number of carbonyl (C=O) groups excluding carboxylic acids is 1. The van der Waals surface area contributed by atoms with Crippen molar-refractivity contribution in [2.75, 3.05) is 11.5 Å². The van der Waals surface area contributed by atoms with Crippen LogP contribution in [0, 0.1) is 11.8 Å². The molecule has 3 atom stereocenters. The molecule has 1 aliphatic carbocycles. The number of aliphatic hydroxyl groups excluding tert-OH is 1. The third-order valence-electron chi connectivity index (χ3n) is 3.94. The molecule has 0 radical (unpaired) electrons. The molecule has 0 bridgehead atoms. The fourth-order valence-corrected chi connectivity index (χ4v) is 5.00. The molecule has 0 saturated carbocycles. The lowest BCUT2D eigenvalue weighted by Crippen LogP contribution is -2.30. The van der Waals surface area contributed by atoms with Gasteiger partial charge >= 0.3 is 0 Å². The smallest absolute Gasteiger partial charge is 0.166 e. The quantitative estimate of drug-likeness (QED) is 0.801. The lowest BCUT2D eigenvalue weighted by Gasteiger charge is -2.18. The molecule has 4 nitrogen and oxygen atoms in total. The Morgan fingerprint density at radius 3 is 2.50 bits per heavy atom. The van der Waals surface area contributed by atoms with Crippen LogP contribution in [-0.2, 0) is 16.3 Å². The number of aliphatic hydroxyl groups is 1. The average Bonchev–Trinajstić information content (AvgIpc) is 2.77. The topological polar surface area (TPSA) is 71.4 Å². The highest BCUT2D eigenvalue weighted by Gasteiger charge is 2.46. The largest absolute Gasteiger partial charge is 0.392 e. The molecule has 5 heteroatoms. The second-order valence-electron chi connectivity index (χ2n) is 5.14. The van der Waals surface area contributed by atoms with Crippen molar-refractivity contribution in [3.05, 3.63) is 35.4 Å². The van der Waals surface area contributed by atoms with Gasteiger partial charge in [0.2, 0.25) is 0 Å². The number of ketones is 1. The number of rotatable bonds is 1. The number of hydrogen-bond acceptors (Lipinski definition) is 4. The number of benzene rings is 1. The van der Waals surface area contributed by atoms with E-state index in [0.29, 0.717) is 12.0 Å². The molecule has 0 spiro atoms. The second kappa shape index (κ2) is 3.90. The Bertz CT molecular complexity index is 605. The van der Waals surface area contributed by atoms with E-state index >= 15 is 0 Å². The molecule has 3 unspecified atom stereocenters. The Hall–Kier alpha value is -1.20. The minimum Gasteiger partial charge on any atom is -0.392 e. The van der Waals surface area contributed by atoms with Crippen LogP contribution in [-0.4, -0.2) is 36.9 Å². The number of carbonyl (C=O) groups is 1. The highest BCUT2D eigenvalue weighted by Crippen LogP contribution is 2.36. The van der Waals surface area contributed by atoms with E-state index in [1.807, 2.05) is 12.1 Å². The molecule has 0 amide bonds. The van der Waals surface area contributed by atoms with E-state index in [4.69, 9.17) is 0 Å². The van der Waals surface area contributed by atoms with Crippen LogP contribution in [0.4, 0.5) is 0 Å². The Balaban J connectivity index is 1.92. The van der Waals surface area contributed by atoms with Gasteiger partial charge in [-0.1, -0.05) is 24.3 Å². The van der Waals surface area contributed by atoms with Gasteiger partial charge in [-0.3, -0.25) is 4.79 Å². The van der Waals surface area contributed by atoms with Gasteiger partial charge in [0.25, 0.3) is 0 Å². The van der Waals surface area contributed by atoms with Crippen molar-refractivity contribution >= 4 is 15.6 Å². The normalized spacial score (nSPS) is 33.6. The van der Waals surface area contributed by atoms with E-state index < -0.39 is 21.9 Å². The van der Waals surface area contributed by atoms with Gasteiger partial charge in [0.05, 0.1) is 17.6 Å². The molecular formula is C13H14O4S. The zero-order chi connectivity index (χ0) is 12.9. The first-order chi connectivity index (χ1) is 8.48. The van der Waals surface area contributed by atoms with Gasteiger partial charge in [-0.05, 0) is 12.0 Å². The number of fused-ring (bicyclic) bond motifs is 1. The van der Waals surface area contributed by atoms with Crippen molar-refractivity contribution in [3.63, 3.8) is 0 Å². The van der Waals surface area contributed by atoms with Crippen LogP contribution < -0.4 is 0 Å². The Labute approximate surface area is 106 Å². The molecule has 0 aromatic heterocycles. The molecule has 96 valence electrons. The van der Waals surface area contributed by atoms with Gasteiger partial charge in [-0.25, -0.2) is 8.42 Å². The first kappa shape index (κ1) is 11.9. The molecule has 18 heavy (non-hydrogen) atoms. The van der Waals surface area contributed by atoms with Gasteiger partial charge in [0.1, 0.15) is 0 Å². The summed E-state index contributed by atoms with van der Waals surface area (Å²) in [5, 5.41) is 9.85. The van der Waals surface area contributed by atoms with Crippen LogP contribution in [0.3, 0.4) is 0 Å². The maximum absolute atomic E-state index is 12.2. The Kier molecular flexibility index (Phi) is 2.57. The third-order valence-corrected chi connectivity index (χ3v) is 5.68. The summed E-state index contributed by atoms with van der Waals surface area (Å²) < 4.78 is 23.0. The first-order valence-electron chi connectivity index (χ1n) is 5.98. The van der Waals surface area contributed by atoms with Crippen molar-refractivity contribution in [2.24, 2.45) is 11.8 Å². The van der Waals surface area contributed by atoms with E-state index in [1.165, 1.54) is 0 Å². The average molecular weight is 266 g/mol. The molecule has 1 aromatic carbocycles. The molecule has 1 N–H and O–H groups in total. The van der Waals surface area contributed by atoms with Crippen LogP contribution in [0.2, 0.25) is 0 Å². The number of Topliss-reactive ketones (excluding diaryl/α,β-unsaturated/α-hetero) is 1. The first-order valence-corrected chi connectivity index (χ1v) is 7.81. The van der Waals surface area contributed by atoms with Crippen LogP contribution in [0.15, 0.2) is 24.3 Å². The van der Waals surface area contributed by atoms with E-state index in [-0.39, 0.29) is 23.2 Å². The van der Waals surface area contributed by atoms with Crippen LogP contribution in [0.5, 0.6) is 0 Å². The van der Waals surface area contributed by atoms with Gasteiger partial charge in [0, 0.05) is 17.4 Å². The molecule has 1 aromatic rings. The summed E-state index contributed by atoms with van der Waals surface area (Å²) in [7, 11) is -3.20. The van der Waals surface area contributed by atoms with Gasteiger partial charge < -0.3 is 5.11 Å². The standard InChI is InChI=1S/C13H14O4S/c14-12-7-18(16,17)6-11(12)10-5-8-3-1-2-4-9(8)13(10)15/h1-4,10-12,14H,5-7H2. The zero-order valence-electron chi connectivity index (χ0n) is 9.74. The van der Waals surface area contributed by atoms with Crippen LogP contribution >= 0.6 is 0 Å². The fourth-order valence-electron chi connectivity index (χ4n) is 3.05. The predicted octanol–water partition coefficient (Wildman–Crippen LogP) is 0.447. The molecule has 1 saturated heterocycles. The molecule has 1 heterocycles. The van der Waals surface area contributed by atoms with Gasteiger partial charge in [-0.15, -0.1) is 0 Å². The molecule has 1 aliphatic heterocycles. The maximum Gasteiger partial charge on any atom is 0.166 e. The monoisotopic (exact) mass is 266 g/mol. The molecular weight excluding hydrogens is 252 g/mol. The summed E-state index contributed by atoms with van der Waals surface area (Å²) >= 11 is 0. The lowest BCUT2D eigenvalue weighted by molar-refractivity contribution is 0.0761. The van der Waals surface area contributed by atoms with E-state index in [9.17, 15) is 18.3 Å².